The van der Waals surface area contributed by atoms with Gasteiger partial charge in [-0.25, -0.2) is 4.39 Å². The van der Waals surface area contributed by atoms with Crippen LogP contribution in [-0.2, 0) is 0 Å². The lowest BCUT2D eigenvalue weighted by Gasteiger charge is -2.07. The van der Waals surface area contributed by atoms with Gasteiger partial charge in [0.2, 0.25) is 0 Å². The molecule has 0 aliphatic heterocycles. The van der Waals surface area contributed by atoms with Crippen molar-refractivity contribution in [2.24, 2.45) is 0 Å². The van der Waals surface area contributed by atoms with Crippen LogP contribution in [0.15, 0.2) is 40.9 Å². The first-order valence-electron chi connectivity index (χ1n) is 5.19. The molecule has 0 saturated heterocycles. The van der Waals surface area contributed by atoms with Crippen LogP contribution < -0.4 is 5.32 Å². The summed E-state index contributed by atoms with van der Waals surface area (Å²) in [5.41, 5.74) is 0.703. The first-order valence-corrected chi connectivity index (χ1v) is 6.74. The summed E-state index contributed by atoms with van der Waals surface area (Å²) in [6.07, 6.45) is 0. The first kappa shape index (κ1) is 14.3. The Kier molecular flexibility index (Phi) is 4.45. The maximum atomic E-state index is 13.3. The lowest BCUT2D eigenvalue weighted by atomic mass is 10.2. The maximum absolute atomic E-state index is 13.3. The lowest BCUT2D eigenvalue weighted by molar-refractivity contribution is 0.102. The van der Waals surface area contributed by atoms with Crippen molar-refractivity contribution in [3.05, 3.63) is 62.3 Å². The van der Waals surface area contributed by atoms with Gasteiger partial charge >= 0.3 is 0 Å². The summed E-state index contributed by atoms with van der Waals surface area (Å²) in [4.78, 5) is 11.9. The Bertz CT molecular complexity index is 649. The predicted molar refractivity (Wildman–Crippen MR) is 78.5 cm³/mol. The Morgan fingerprint density at radius 1 is 1.11 bits per heavy atom. The van der Waals surface area contributed by atoms with Crippen molar-refractivity contribution < 1.29 is 9.18 Å². The summed E-state index contributed by atoms with van der Waals surface area (Å²) in [5, 5.41) is 3.34. The van der Waals surface area contributed by atoms with E-state index in [2.05, 4.69) is 21.2 Å². The van der Waals surface area contributed by atoms with Crippen LogP contribution in [0.1, 0.15) is 10.4 Å². The number of hydrogen-bond donors (Lipinski definition) is 1. The summed E-state index contributed by atoms with van der Waals surface area (Å²) < 4.78 is 13.6. The van der Waals surface area contributed by atoms with Crippen LogP contribution in [-0.4, -0.2) is 5.91 Å². The van der Waals surface area contributed by atoms with Crippen LogP contribution >= 0.6 is 39.1 Å². The van der Waals surface area contributed by atoms with Gasteiger partial charge in [0.1, 0.15) is 5.82 Å². The van der Waals surface area contributed by atoms with E-state index in [1.54, 1.807) is 12.1 Å². The Morgan fingerprint density at radius 2 is 1.84 bits per heavy atom. The van der Waals surface area contributed by atoms with E-state index in [1.165, 1.54) is 18.2 Å². The summed E-state index contributed by atoms with van der Waals surface area (Å²) in [5.74, 6) is -0.924. The molecule has 0 unspecified atom stereocenters. The van der Waals surface area contributed by atoms with E-state index >= 15 is 0 Å². The van der Waals surface area contributed by atoms with Crippen molar-refractivity contribution in [3.63, 3.8) is 0 Å². The zero-order valence-electron chi connectivity index (χ0n) is 9.38. The van der Waals surface area contributed by atoms with E-state index in [9.17, 15) is 9.18 Å². The molecular formula is C13H7BrCl2FNO. The fourth-order valence-electron chi connectivity index (χ4n) is 1.41. The summed E-state index contributed by atoms with van der Waals surface area (Å²) in [6.45, 7) is 0. The van der Waals surface area contributed by atoms with E-state index < -0.39 is 11.7 Å². The SMILES string of the molecule is O=C(Nc1ccc(Cl)c(Cl)c1)c1ccc(Br)c(F)c1. The minimum Gasteiger partial charge on any atom is -0.322 e. The van der Waals surface area contributed by atoms with Crippen LogP contribution in [0.5, 0.6) is 0 Å². The Morgan fingerprint density at radius 3 is 2.47 bits per heavy atom. The minimum absolute atomic E-state index is 0.215. The Balaban J connectivity index is 2.20. The van der Waals surface area contributed by atoms with Gasteiger partial charge in [-0.2, -0.15) is 0 Å². The molecule has 6 heteroatoms. The molecule has 0 heterocycles. The third kappa shape index (κ3) is 3.47. The average Bonchev–Trinajstić information content (AvgIpc) is 2.37. The van der Waals surface area contributed by atoms with Crippen LogP contribution in [0.2, 0.25) is 10.0 Å². The monoisotopic (exact) mass is 361 g/mol. The predicted octanol–water partition coefficient (Wildman–Crippen LogP) is 5.15. The van der Waals surface area contributed by atoms with E-state index in [-0.39, 0.29) is 5.56 Å². The van der Waals surface area contributed by atoms with E-state index in [0.717, 1.165) is 6.07 Å². The third-order valence-corrected chi connectivity index (χ3v) is 3.74. The maximum Gasteiger partial charge on any atom is 0.255 e. The number of anilines is 1. The molecule has 0 spiro atoms. The second kappa shape index (κ2) is 5.90. The molecule has 1 N–H and O–H groups in total. The molecule has 2 aromatic rings. The molecule has 2 nitrogen and oxygen atoms in total. The fourth-order valence-corrected chi connectivity index (χ4v) is 1.96. The van der Waals surface area contributed by atoms with Gasteiger partial charge in [0, 0.05) is 11.3 Å². The molecule has 0 radical (unpaired) electrons. The molecule has 0 aromatic heterocycles. The molecule has 0 bridgehead atoms. The number of rotatable bonds is 2. The number of hydrogen-bond acceptors (Lipinski definition) is 1. The topological polar surface area (TPSA) is 29.1 Å². The average molecular weight is 363 g/mol. The van der Waals surface area contributed by atoms with Gasteiger partial charge in [0.25, 0.3) is 5.91 Å². The fraction of sp³-hybridized carbons (Fsp3) is 0. The van der Waals surface area contributed by atoms with Crippen LogP contribution in [0.4, 0.5) is 10.1 Å². The molecule has 0 aliphatic rings. The van der Waals surface area contributed by atoms with E-state index in [4.69, 9.17) is 23.2 Å². The number of carbonyl (C=O) groups excluding carboxylic acids is 1. The van der Waals surface area contributed by atoms with Crippen LogP contribution in [0.25, 0.3) is 0 Å². The number of carbonyl (C=O) groups is 1. The zero-order valence-corrected chi connectivity index (χ0v) is 12.5. The number of nitrogens with one attached hydrogen (secondary N) is 1. The highest BCUT2D eigenvalue weighted by molar-refractivity contribution is 9.10. The highest BCUT2D eigenvalue weighted by atomic mass is 79.9. The molecule has 2 aromatic carbocycles. The molecule has 19 heavy (non-hydrogen) atoms. The molecule has 2 rings (SSSR count). The Labute approximate surface area is 127 Å². The first-order chi connectivity index (χ1) is 8.97. The van der Waals surface area contributed by atoms with Crippen molar-refractivity contribution >= 4 is 50.7 Å². The third-order valence-electron chi connectivity index (χ3n) is 2.36. The van der Waals surface area contributed by atoms with Gasteiger partial charge in [0.05, 0.1) is 14.5 Å². The zero-order chi connectivity index (χ0) is 14.0. The van der Waals surface area contributed by atoms with Gasteiger partial charge < -0.3 is 5.32 Å². The van der Waals surface area contributed by atoms with Crippen molar-refractivity contribution in [1.29, 1.82) is 0 Å². The van der Waals surface area contributed by atoms with Crippen molar-refractivity contribution in [2.75, 3.05) is 5.32 Å². The highest BCUT2D eigenvalue weighted by Gasteiger charge is 2.09. The van der Waals surface area contributed by atoms with E-state index in [0.29, 0.717) is 20.2 Å². The smallest absolute Gasteiger partial charge is 0.255 e. The summed E-state index contributed by atoms with van der Waals surface area (Å²) >= 11 is 14.6. The van der Waals surface area contributed by atoms with Gasteiger partial charge in [-0.1, -0.05) is 23.2 Å². The molecule has 98 valence electrons. The molecule has 0 aliphatic carbocycles. The molecule has 0 saturated carbocycles. The van der Waals surface area contributed by atoms with Crippen LogP contribution in [0.3, 0.4) is 0 Å². The van der Waals surface area contributed by atoms with Gasteiger partial charge in [-0.3, -0.25) is 4.79 Å². The summed E-state index contributed by atoms with van der Waals surface area (Å²) in [6, 6.07) is 8.84. The van der Waals surface area contributed by atoms with Crippen molar-refractivity contribution in [3.8, 4) is 0 Å². The number of benzene rings is 2. The normalized spacial score (nSPS) is 10.3. The van der Waals surface area contributed by atoms with Gasteiger partial charge in [-0.05, 0) is 52.3 Å². The van der Waals surface area contributed by atoms with Crippen molar-refractivity contribution in [1.82, 2.24) is 0 Å². The largest absolute Gasteiger partial charge is 0.322 e. The molecule has 0 atom stereocenters. The molecule has 1 amide bonds. The molecule has 0 fully saturated rings. The van der Waals surface area contributed by atoms with Gasteiger partial charge in [0.15, 0.2) is 0 Å². The van der Waals surface area contributed by atoms with E-state index in [1.807, 2.05) is 0 Å². The van der Waals surface area contributed by atoms with Crippen molar-refractivity contribution in [2.45, 2.75) is 0 Å². The van der Waals surface area contributed by atoms with Gasteiger partial charge in [-0.15, -0.1) is 0 Å². The minimum atomic E-state index is -0.498. The van der Waals surface area contributed by atoms with Crippen LogP contribution in [0, 0.1) is 5.82 Å². The quantitative estimate of drug-likeness (QED) is 0.786. The summed E-state index contributed by atoms with van der Waals surface area (Å²) in [7, 11) is 0. The number of halogens is 4. The number of amides is 1. The second-order valence-corrected chi connectivity index (χ2v) is 5.38. The standard InChI is InChI=1S/C13H7BrCl2FNO/c14-9-3-1-7(5-12(9)17)13(19)18-8-2-4-10(15)11(16)6-8/h1-6H,(H,18,19). The highest BCUT2D eigenvalue weighted by Crippen LogP contribution is 2.25. The molecular weight excluding hydrogens is 356 g/mol. The second-order valence-electron chi connectivity index (χ2n) is 3.71. The Hall–Kier alpha value is -1.10. The lowest BCUT2D eigenvalue weighted by Crippen LogP contribution is -2.12.